The van der Waals surface area contributed by atoms with Gasteiger partial charge in [-0.25, -0.2) is 4.39 Å². The maximum Gasteiger partial charge on any atom is 0.120 e. The molecule has 0 fully saturated rings. The average molecular weight is 182 g/mol. The number of rotatable bonds is 3. The lowest BCUT2D eigenvalue weighted by Crippen LogP contribution is -2.05. The van der Waals surface area contributed by atoms with Crippen LogP contribution in [0.3, 0.4) is 0 Å². The molecule has 0 aromatic heterocycles. The van der Waals surface area contributed by atoms with Gasteiger partial charge in [-0.3, -0.25) is 0 Å². The van der Waals surface area contributed by atoms with E-state index in [1.807, 2.05) is 32.9 Å². The van der Waals surface area contributed by atoms with Crippen molar-refractivity contribution in [3.8, 4) is 5.75 Å². The van der Waals surface area contributed by atoms with Gasteiger partial charge in [0, 0.05) is 0 Å². The number of alkyl halides is 1. The molecule has 0 N–H and O–H groups in total. The third kappa shape index (κ3) is 2.72. The van der Waals surface area contributed by atoms with Gasteiger partial charge >= 0.3 is 0 Å². The first-order valence-electron chi connectivity index (χ1n) is 4.45. The molecule has 0 aliphatic rings. The normalized spacial score (nSPS) is 10.5. The van der Waals surface area contributed by atoms with Crippen LogP contribution in [0.4, 0.5) is 4.39 Å². The predicted octanol–water partition coefficient (Wildman–Crippen LogP) is 3.25. The lowest BCUT2D eigenvalue weighted by molar-refractivity contribution is 0.242. The lowest BCUT2D eigenvalue weighted by Gasteiger charge is -2.11. The molecule has 0 bridgehead atoms. The van der Waals surface area contributed by atoms with Gasteiger partial charge in [0.05, 0.1) is 6.10 Å². The highest BCUT2D eigenvalue weighted by molar-refractivity contribution is 5.34. The van der Waals surface area contributed by atoms with Crippen molar-refractivity contribution in [2.75, 3.05) is 0 Å². The predicted molar refractivity (Wildman–Crippen MR) is 51.8 cm³/mol. The second-order valence-electron chi connectivity index (χ2n) is 3.39. The van der Waals surface area contributed by atoms with Gasteiger partial charge in [0.15, 0.2) is 0 Å². The van der Waals surface area contributed by atoms with Crippen LogP contribution < -0.4 is 4.74 Å². The molecule has 0 unspecified atom stereocenters. The van der Waals surface area contributed by atoms with E-state index in [2.05, 4.69) is 0 Å². The van der Waals surface area contributed by atoms with Gasteiger partial charge in [0.25, 0.3) is 0 Å². The standard InChI is InChI=1S/C11H15FO/c1-8(2)13-11-5-4-9(3)10(6-11)7-12/h4-6,8H,7H2,1-3H3. The molecule has 0 aliphatic heterocycles. The molecule has 72 valence electrons. The smallest absolute Gasteiger partial charge is 0.120 e. The second-order valence-corrected chi connectivity index (χ2v) is 3.39. The van der Waals surface area contributed by atoms with Crippen molar-refractivity contribution in [1.29, 1.82) is 0 Å². The number of benzene rings is 1. The Morgan fingerprint density at radius 2 is 2.08 bits per heavy atom. The van der Waals surface area contributed by atoms with Gasteiger partial charge in [0.2, 0.25) is 0 Å². The summed E-state index contributed by atoms with van der Waals surface area (Å²) in [6.07, 6.45) is 0.134. The highest BCUT2D eigenvalue weighted by Crippen LogP contribution is 2.19. The van der Waals surface area contributed by atoms with Crippen molar-refractivity contribution in [2.24, 2.45) is 0 Å². The van der Waals surface area contributed by atoms with Crippen LogP contribution in [0, 0.1) is 6.92 Å². The van der Waals surface area contributed by atoms with Gasteiger partial charge in [0.1, 0.15) is 12.4 Å². The van der Waals surface area contributed by atoms with E-state index in [0.717, 1.165) is 11.3 Å². The lowest BCUT2D eigenvalue weighted by atomic mass is 10.1. The average Bonchev–Trinajstić information content (AvgIpc) is 2.07. The molecule has 0 saturated carbocycles. The first-order chi connectivity index (χ1) is 6.13. The Hall–Kier alpha value is -1.05. The molecule has 0 spiro atoms. The Balaban J connectivity index is 2.86. The molecule has 0 atom stereocenters. The molecular formula is C11H15FO. The second kappa shape index (κ2) is 4.26. The zero-order valence-electron chi connectivity index (χ0n) is 8.30. The van der Waals surface area contributed by atoms with E-state index in [9.17, 15) is 4.39 Å². The summed E-state index contributed by atoms with van der Waals surface area (Å²) in [5, 5.41) is 0. The van der Waals surface area contributed by atoms with Crippen LogP contribution in [-0.4, -0.2) is 6.10 Å². The molecule has 1 rings (SSSR count). The van der Waals surface area contributed by atoms with E-state index in [0.29, 0.717) is 5.56 Å². The summed E-state index contributed by atoms with van der Waals surface area (Å²) in [4.78, 5) is 0. The highest BCUT2D eigenvalue weighted by Gasteiger charge is 2.02. The van der Waals surface area contributed by atoms with Crippen LogP contribution in [0.5, 0.6) is 5.75 Å². The Bertz CT molecular complexity index is 281. The van der Waals surface area contributed by atoms with Crippen molar-refractivity contribution in [1.82, 2.24) is 0 Å². The van der Waals surface area contributed by atoms with Crippen molar-refractivity contribution in [2.45, 2.75) is 33.5 Å². The van der Waals surface area contributed by atoms with E-state index < -0.39 is 6.67 Å². The van der Waals surface area contributed by atoms with Gasteiger partial charge in [-0.05, 0) is 44.0 Å². The number of ether oxygens (including phenoxy) is 1. The summed E-state index contributed by atoms with van der Waals surface area (Å²) in [7, 11) is 0. The highest BCUT2D eigenvalue weighted by atomic mass is 19.1. The zero-order chi connectivity index (χ0) is 9.84. The monoisotopic (exact) mass is 182 g/mol. The van der Waals surface area contributed by atoms with Gasteiger partial charge in [-0.15, -0.1) is 0 Å². The van der Waals surface area contributed by atoms with Crippen LogP contribution in [-0.2, 0) is 6.67 Å². The summed E-state index contributed by atoms with van der Waals surface area (Å²) in [6.45, 7) is 5.37. The molecule has 0 heterocycles. The van der Waals surface area contributed by atoms with E-state index in [4.69, 9.17) is 4.74 Å². The Morgan fingerprint density at radius 3 is 2.62 bits per heavy atom. The molecule has 0 aliphatic carbocycles. The molecular weight excluding hydrogens is 167 g/mol. The minimum Gasteiger partial charge on any atom is -0.491 e. The van der Waals surface area contributed by atoms with Crippen molar-refractivity contribution in [3.05, 3.63) is 29.3 Å². The number of hydrogen-bond donors (Lipinski definition) is 0. The molecule has 0 saturated heterocycles. The summed E-state index contributed by atoms with van der Waals surface area (Å²) >= 11 is 0. The first-order valence-corrected chi connectivity index (χ1v) is 4.45. The Kier molecular flexibility index (Phi) is 3.29. The number of halogens is 1. The summed E-state index contributed by atoms with van der Waals surface area (Å²) < 4.78 is 17.9. The number of hydrogen-bond acceptors (Lipinski definition) is 1. The van der Waals surface area contributed by atoms with Crippen LogP contribution in [0.1, 0.15) is 25.0 Å². The van der Waals surface area contributed by atoms with Gasteiger partial charge in [-0.2, -0.15) is 0 Å². The van der Waals surface area contributed by atoms with E-state index in [1.54, 1.807) is 6.07 Å². The summed E-state index contributed by atoms with van der Waals surface area (Å²) in [5.41, 5.74) is 1.68. The molecule has 1 aromatic carbocycles. The third-order valence-electron chi connectivity index (χ3n) is 1.84. The topological polar surface area (TPSA) is 9.23 Å². The minimum absolute atomic E-state index is 0.134. The molecule has 1 nitrogen and oxygen atoms in total. The molecule has 0 radical (unpaired) electrons. The molecule has 0 amide bonds. The molecule has 2 heteroatoms. The van der Waals surface area contributed by atoms with Crippen LogP contribution >= 0.6 is 0 Å². The number of aryl methyl sites for hydroxylation is 1. The van der Waals surface area contributed by atoms with Crippen molar-refractivity contribution in [3.63, 3.8) is 0 Å². The molecule has 1 aromatic rings. The van der Waals surface area contributed by atoms with E-state index in [-0.39, 0.29) is 6.10 Å². The maximum atomic E-state index is 12.4. The summed E-state index contributed by atoms with van der Waals surface area (Å²) in [6, 6.07) is 5.51. The molecule has 13 heavy (non-hydrogen) atoms. The van der Waals surface area contributed by atoms with E-state index in [1.165, 1.54) is 0 Å². The quantitative estimate of drug-likeness (QED) is 0.697. The SMILES string of the molecule is Cc1ccc(OC(C)C)cc1CF. The van der Waals surface area contributed by atoms with Crippen LogP contribution in [0.2, 0.25) is 0 Å². The first kappa shape index (κ1) is 10.0. The summed E-state index contributed by atoms with van der Waals surface area (Å²) in [5.74, 6) is 0.744. The Labute approximate surface area is 78.5 Å². The van der Waals surface area contributed by atoms with Crippen LogP contribution in [0.15, 0.2) is 18.2 Å². The van der Waals surface area contributed by atoms with Crippen LogP contribution in [0.25, 0.3) is 0 Å². The van der Waals surface area contributed by atoms with Gasteiger partial charge < -0.3 is 4.74 Å². The Morgan fingerprint density at radius 1 is 1.38 bits per heavy atom. The van der Waals surface area contributed by atoms with Crippen molar-refractivity contribution < 1.29 is 9.13 Å². The maximum absolute atomic E-state index is 12.4. The van der Waals surface area contributed by atoms with Gasteiger partial charge in [-0.1, -0.05) is 6.07 Å². The fourth-order valence-electron chi connectivity index (χ4n) is 1.14. The van der Waals surface area contributed by atoms with E-state index >= 15 is 0 Å². The fraction of sp³-hybridized carbons (Fsp3) is 0.455. The fourth-order valence-corrected chi connectivity index (χ4v) is 1.14. The minimum atomic E-state index is -0.429. The zero-order valence-corrected chi connectivity index (χ0v) is 8.30. The third-order valence-corrected chi connectivity index (χ3v) is 1.84. The largest absolute Gasteiger partial charge is 0.491 e. The van der Waals surface area contributed by atoms with Crippen molar-refractivity contribution >= 4 is 0 Å².